The summed E-state index contributed by atoms with van der Waals surface area (Å²) in [5, 5.41) is 7.61. The van der Waals surface area contributed by atoms with Gasteiger partial charge in [-0.1, -0.05) is 241 Å². The summed E-state index contributed by atoms with van der Waals surface area (Å²) in [7, 11) is 0. The largest absolute Gasteiger partial charge is 0.254 e. The quantitative estimate of drug-likeness (QED) is 0.0239. The van der Waals surface area contributed by atoms with Crippen LogP contribution in [-0.4, -0.2) is 9.97 Å². The second kappa shape index (κ2) is 30.1. The predicted molar refractivity (Wildman–Crippen MR) is 352 cm³/mol. The maximum Gasteiger partial charge on any atom is 0.0972 e. The van der Waals surface area contributed by atoms with E-state index in [4.69, 9.17) is 9.97 Å². The lowest BCUT2D eigenvalue weighted by atomic mass is 9.83. The average Bonchev–Trinajstić information content (AvgIpc) is 3.53. The van der Waals surface area contributed by atoms with Crippen LogP contribution in [0.15, 0.2) is 134 Å². The van der Waals surface area contributed by atoms with Gasteiger partial charge in [-0.15, -0.1) is 0 Å². The highest BCUT2D eigenvalue weighted by Crippen LogP contribution is 2.42. The normalized spacial score (nSPS) is 11.8. The fraction of sp³-hybridized carbons (Fsp3) is 0.436. The Bertz CT molecular complexity index is 3430. The molecule has 9 rings (SSSR count). The Morgan fingerprint density at radius 3 is 1.34 bits per heavy atom. The first-order valence-corrected chi connectivity index (χ1v) is 32.4. The lowest BCUT2D eigenvalue weighted by Crippen LogP contribution is -2.01. The zero-order valence-electron chi connectivity index (χ0n) is 50.4. The summed E-state index contributed by atoms with van der Waals surface area (Å²) in [6.45, 7) is 14.0. The fourth-order valence-corrected chi connectivity index (χ4v) is 13.0. The van der Waals surface area contributed by atoms with Crippen LogP contribution in [0.1, 0.15) is 215 Å². The molecule has 0 spiro atoms. The number of fused-ring (bicyclic) bond motifs is 5. The zero-order chi connectivity index (χ0) is 55.5. The maximum absolute atomic E-state index is 5.60. The molecule has 0 radical (unpaired) electrons. The van der Waals surface area contributed by atoms with Gasteiger partial charge < -0.3 is 0 Å². The number of nitrogens with zero attached hydrogens (tertiary/aromatic N) is 2. The number of unbranched alkanes of at least 4 members (excludes halogenated alkanes) is 20. The van der Waals surface area contributed by atoms with Gasteiger partial charge in [-0.05, 0) is 196 Å². The Morgan fingerprint density at radius 1 is 0.300 bits per heavy atom. The summed E-state index contributed by atoms with van der Waals surface area (Å²) < 4.78 is 0. The molecule has 0 bridgehead atoms. The van der Waals surface area contributed by atoms with E-state index >= 15 is 0 Å². The third kappa shape index (κ3) is 15.1. The van der Waals surface area contributed by atoms with E-state index in [9.17, 15) is 0 Å². The number of aromatic nitrogens is 2. The molecule has 0 amide bonds. The first-order valence-electron chi connectivity index (χ1n) is 32.4. The monoisotopic (exact) mass is 1060 g/mol. The van der Waals surface area contributed by atoms with E-state index in [1.807, 2.05) is 12.3 Å². The zero-order valence-corrected chi connectivity index (χ0v) is 50.4. The summed E-state index contributed by atoms with van der Waals surface area (Å²) in [6.07, 6.45) is 37.3. The molecule has 2 heterocycles. The molecule has 0 aliphatic rings. The van der Waals surface area contributed by atoms with Crippen LogP contribution in [-0.2, 0) is 25.7 Å². The van der Waals surface area contributed by atoms with Crippen molar-refractivity contribution in [1.82, 2.24) is 9.97 Å². The SMILES string of the molecule is CCCCCCCCc1cc(-c2cc(-c3ccc4ccc5cccnc5c4n3)cc(-c3cc(CCCCCCCC)c(-c4cccc5cc6c(C)cccc6cc45)cc3CCCCCCCC)c2)c(CCCCCCCC)cc1C. The third-order valence-corrected chi connectivity index (χ3v) is 17.8. The summed E-state index contributed by atoms with van der Waals surface area (Å²) in [5.74, 6) is 0. The van der Waals surface area contributed by atoms with Crippen molar-refractivity contribution in [3.63, 3.8) is 0 Å². The molecule has 0 unspecified atom stereocenters. The molecule has 0 fully saturated rings. The lowest BCUT2D eigenvalue weighted by molar-refractivity contribution is 0.605. The van der Waals surface area contributed by atoms with Crippen molar-refractivity contribution in [1.29, 1.82) is 0 Å². The Morgan fingerprint density at radius 2 is 0.738 bits per heavy atom. The van der Waals surface area contributed by atoms with Gasteiger partial charge in [-0.25, -0.2) is 4.98 Å². The molecule has 80 heavy (non-hydrogen) atoms. The summed E-state index contributed by atoms with van der Waals surface area (Å²) in [4.78, 5) is 10.5. The Kier molecular flexibility index (Phi) is 22.0. The lowest BCUT2D eigenvalue weighted by Gasteiger charge is -2.21. The summed E-state index contributed by atoms with van der Waals surface area (Å²) in [6, 6.07) is 50.1. The summed E-state index contributed by atoms with van der Waals surface area (Å²) >= 11 is 0. The molecule has 9 aromatic rings. The maximum atomic E-state index is 5.60. The highest BCUT2D eigenvalue weighted by molar-refractivity contribution is 6.07. The molecule has 2 heteroatoms. The van der Waals surface area contributed by atoms with E-state index in [-0.39, 0.29) is 0 Å². The Hall–Kier alpha value is -6.12. The van der Waals surface area contributed by atoms with Crippen molar-refractivity contribution >= 4 is 43.4 Å². The number of hydrogen-bond acceptors (Lipinski definition) is 2. The number of benzene rings is 7. The van der Waals surface area contributed by atoms with Gasteiger partial charge in [-0.3, -0.25) is 4.98 Å². The van der Waals surface area contributed by atoms with Crippen molar-refractivity contribution in [3.8, 4) is 44.6 Å². The molecule has 0 saturated heterocycles. The Balaban J connectivity index is 1.25. The van der Waals surface area contributed by atoms with Crippen LogP contribution in [0.25, 0.3) is 88.0 Å². The minimum absolute atomic E-state index is 0.968. The van der Waals surface area contributed by atoms with Gasteiger partial charge in [0.15, 0.2) is 0 Å². The van der Waals surface area contributed by atoms with E-state index in [2.05, 4.69) is 163 Å². The molecule has 0 atom stereocenters. The molecular formula is C78H96N2. The van der Waals surface area contributed by atoms with Crippen LogP contribution in [0.2, 0.25) is 0 Å². The molecule has 0 N–H and O–H groups in total. The van der Waals surface area contributed by atoms with Gasteiger partial charge >= 0.3 is 0 Å². The molecule has 0 saturated carbocycles. The second-order valence-electron chi connectivity index (χ2n) is 24.1. The van der Waals surface area contributed by atoms with Crippen LogP contribution in [0, 0.1) is 13.8 Å². The third-order valence-electron chi connectivity index (χ3n) is 17.8. The van der Waals surface area contributed by atoms with Gasteiger partial charge in [0, 0.05) is 22.5 Å². The number of aryl methyl sites for hydroxylation is 6. The van der Waals surface area contributed by atoms with Crippen molar-refractivity contribution in [3.05, 3.63) is 167 Å². The Labute approximate surface area is 483 Å². The van der Waals surface area contributed by atoms with Crippen LogP contribution < -0.4 is 0 Å². The topological polar surface area (TPSA) is 25.8 Å². The first-order chi connectivity index (χ1) is 39.4. The van der Waals surface area contributed by atoms with E-state index in [1.165, 1.54) is 248 Å². The van der Waals surface area contributed by atoms with Crippen LogP contribution in [0.5, 0.6) is 0 Å². The van der Waals surface area contributed by atoms with Gasteiger partial charge in [0.2, 0.25) is 0 Å². The van der Waals surface area contributed by atoms with E-state index in [0.717, 1.165) is 53.2 Å². The van der Waals surface area contributed by atoms with Crippen LogP contribution in [0.4, 0.5) is 0 Å². The van der Waals surface area contributed by atoms with Gasteiger partial charge in [0.05, 0.1) is 16.7 Å². The van der Waals surface area contributed by atoms with E-state index < -0.39 is 0 Å². The fourth-order valence-electron chi connectivity index (χ4n) is 13.0. The molecule has 7 aromatic carbocycles. The highest BCUT2D eigenvalue weighted by atomic mass is 14.8. The molecular weight excluding hydrogens is 965 g/mol. The van der Waals surface area contributed by atoms with Gasteiger partial charge in [0.25, 0.3) is 0 Å². The molecule has 418 valence electrons. The summed E-state index contributed by atoms with van der Waals surface area (Å²) in [5.41, 5.74) is 21.1. The van der Waals surface area contributed by atoms with Crippen LogP contribution in [0.3, 0.4) is 0 Å². The second-order valence-corrected chi connectivity index (χ2v) is 24.1. The van der Waals surface area contributed by atoms with Crippen LogP contribution >= 0.6 is 0 Å². The molecule has 2 aromatic heterocycles. The molecule has 0 aliphatic heterocycles. The average molecular weight is 1060 g/mol. The van der Waals surface area contributed by atoms with Crippen molar-refractivity contribution in [2.45, 2.75) is 221 Å². The van der Waals surface area contributed by atoms with Crippen molar-refractivity contribution < 1.29 is 0 Å². The predicted octanol–water partition coefficient (Wildman–Crippen LogP) is 24.0. The van der Waals surface area contributed by atoms with Gasteiger partial charge in [0.1, 0.15) is 0 Å². The molecule has 2 nitrogen and oxygen atoms in total. The van der Waals surface area contributed by atoms with Crippen molar-refractivity contribution in [2.24, 2.45) is 0 Å². The van der Waals surface area contributed by atoms with Crippen molar-refractivity contribution in [2.75, 3.05) is 0 Å². The first kappa shape index (κ1) is 58.5. The smallest absolute Gasteiger partial charge is 0.0972 e. The standard InChI is InChI=1S/C78H96N2/c1-7-11-15-19-23-27-35-61-52-72(62(48-58(61)6)36-28-24-20-16-12-8-2)67-49-68(51-69(50-67)76-46-45-60-44-43-59-41-33-47-79-77(59)78(60)80-76)73-54-65(38-30-26-22-18-14-10-4)75(56-64(73)37-29-25-21-17-13-9-3)70-42-32-40-66-53-71-57(5)34-31-39-63(71)55-74(66)70/h31-34,39-56H,7-30,35-38H2,1-6H3. The number of rotatable bonds is 32. The van der Waals surface area contributed by atoms with Gasteiger partial charge in [-0.2, -0.15) is 0 Å². The minimum Gasteiger partial charge on any atom is -0.254 e. The number of pyridine rings is 2. The van der Waals surface area contributed by atoms with E-state index in [1.54, 1.807) is 0 Å². The number of hydrogen-bond donors (Lipinski definition) is 0. The molecule has 0 aliphatic carbocycles. The minimum atomic E-state index is 0.968. The highest BCUT2D eigenvalue weighted by Gasteiger charge is 2.20. The van der Waals surface area contributed by atoms with E-state index in [0.29, 0.717) is 0 Å².